The number of halogens is 1. The van der Waals surface area contributed by atoms with Gasteiger partial charge < -0.3 is 16.0 Å². The van der Waals surface area contributed by atoms with Crippen molar-refractivity contribution >= 4 is 35.8 Å². The number of carbonyl (C=O) groups excluding carboxylic acids is 1. The van der Waals surface area contributed by atoms with Gasteiger partial charge in [-0.1, -0.05) is 30.3 Å². The fourth-order valence-corrected chi connectivity index (χ4v) is 2.01. The van der Waals surface area contributed by atoms with Crippen molar-refractivity contribution in [3.63, 3.8) is 0 Å². The lowest BCUT2D eigenvalue weighted by molar-refractivity contribution is -0.121. The minimum Gasteiger partial charge on any atom is -0.357 e. The number of guanidine groups is 1. The molecule has 0 saturated carbocycles. The lowest BCUT2D eigenvalue weighted by atomic mass is 10.1. The maximum absolute atomic E-state index is 11.6. The van der Waals surface area contributed by atoms with Gasteiger partial charge in [-0.15, -0.1) is 24.0 Å². The van der Waals surface area contributed by atoms with E-state index in [0.29, 0.717) is 13.0 Å². The Morgan fingerprint density at radius 2 is 1.78 bits per heavy atom. The standard InChI is InChI=1S/C17H28N4O.HI/c1-5-18-17(19-12-11-16(22)20-13(2)3)21-14(4)15-9-7-6-8-10-15;/h6-10,13-14H,5,11-12H2,1-4H3,(H,20,22)(H2,18,19,21);1H. The Morgan fingerprint density at radius 1 is 1.13 bits per heavy atom. The zero-order valence-corrected chi connectivity index (χ0v) is 16.8. The van der Waals surface area contributed by atoms with Gasteiger partial charge in [-0.25, -0.2) is 0 Å². The van der Waals surface area contributed by atoms with Gasteiger partial charge >= 0.3 is 0 Å². The molecule has 6 heteroatoms. The highest BCUT2D eigenvalue weighted by Crippen LogP contribution is 2.10. The van der Waals surface area contributed by atoms with Gasteiger partial charge in [0, 0.05) is 19.0 Å². The van der Waals surface area contributed by atoms with E-state index in [1.54, 1.807) is 0 Å². The molecule has 0 spiro atoms. The molecule has 0 aliphatic rings. The largest absolute Gasteiger partial charge is 0.357 e. The Balaban J connectivity index is 0.00000484. The van der Waals surface area contributed by atoms with Crippen molar-refractivity contribution in [2.45, 2.75) is 46.2 Å². The molecule has 130 valence electrons. The molecule has 23 heavy (non-hydrogen) atoms. The number of amides is 1. The number of hydrogen-bond acceptors (Lipinski definition) is 2. The van der Waals surface area contributed by atoms with E-state index in [1.165, 1.54) is 5.56 Å². The predicted octanol–water partition coefficient (Wildman–Crippen LogP) is 2.84. The minimum atomic E-state index is 0. The highest BCUT2D eigenvalue weighted by Gasteiger charge is 2.07. The molecule has 5 nitrogen and oxygen atoms in total. The maximum Gasteiger partial charge on any atom is 0.222 e. The molecule has 0 aromatic heterocycles. The Morgan fingerprint density at radius 3 is 2.35 bits per heavy atom. The fraction of sp³-hybridized carbons (Fsp3) is 0.529. The fourth-order valence-electron chi connectivity index (χ4n) is 2.01. The third-order valence-electron chi connectivity index (χ3n) is 3.06. The van der Waals surface area contributed by atoms with Gasteiger partial charge in [-0.2, -0.15) is 0 Å². The van der Waals surface area contributed by atoms with Gasteiger partial charge in [0.2, 0.25) is 5.91 Å². The first-order valence-electron chi connectivity index (χ1n) is 7.92. The van der Waals surface area contributed by atoms with E-state index in [0.717, 1.165) is 12.5 Å². The van der Waals surface area contributed by atoms with Crippen LogP contribution in [0.1, 0.15) is 45.7 Å². The van der Waals surface area contributed by atoms with E-state index < -0.39 is 0 Å². The van der Waals surface area contributed by atoms with Gasteiger partial charge in [0.1, 0.15) is 0 Å². The molecule has 1 unspecified atom stereocenters. The monoisotopic (exact) mass is 432 g/mol. The molecule has 1 aromatic rings. The van der Waals surface area contributed by atoms with Crippen molar-refractivity contribution in [2.75, 3.05) is 13.1 Å². The molecule has 0 fully saturated rings. The van der Waals surface area contributed by atoms with Crippen LogP contribution in [-0.4, -0.2) is 31.0 Å². The highest BCUT2D eigenvalue weighted by molar-refractivity contribution is 14.0. The topological polar surface area (TPSA) is 65.5 Å². The van der Waals surface area contributed by atoms with Gasteiger partial charge in [0.05, 0.1) is 12.6 Å². The molecule has 0 aliphatic heterocycles. The van der Waals surface area contributed by atoms with E-state index in [2.05, 4.69) is 40.0 Å². The number of nitrogens with zero attached hydrogens (tertiary/aromatic N) is 1. The summed E-state index contributed by atoms with van der Waals surface area (Å²) in [7, 11) is 0. The van der Waals surface area contributed by atoms with E-state index in [1.807, 2.05) is 39.0 Å². The summed E-state index contributed by atoms with van der Waals surface area (Å²) in [6, 6.07) is 10.5. The Hall–Kier alpha value is -1.31. The van der Waals surface area contributed by atoms with Crippen LogP contribution in [0.2, 0.25) is 0 Å². The second-order valence-electron chi connectivity index (χ2n) is 5.51. The molecule has 0 saturated heterocycles. The highest BCUT2D eigenvalue weighted by atomic mass is 127. The summed E-state index contributed by atoms with van der Waals surface area (Å²) in [6.45, 7) is 9.27. The van der Waals surface area contributed by atoms with E-state index in [4.69, 9.17) is 0 Å². The van der Waals surface area contributed by atoms with Crippen LogP contribution >= 0.6 is 24.0 Å². The van der Waals surface area contributed by atoms with Crippen LogP contribution in [0.25, 0.3) is 0 Å². The number of aliphatic imine (C=N–C) groups is 1. The van der Waals surface area contributed by atoms with Crippen molar-refractivity contribution in [2.24, 2.45) is 4.99 Å². The lowest BCUT2D eigenvalue weighted by Crippen LogP contribution is -2.39. The Kier molecular flexibility index (Phi) is 11.5. The third-order valence-corrected chi connectivity index (χ3v) is 3.06. The van der Waals surface area contributed by atoms with E-state index in [9.17, 15) is 4.79 Å². The lowest BCUT2D eigenvalue weighted by Gasteiger charge is -2.18. The smallest absolute Gasteiger partial charge is 0.222 e. The number of hydrogen-bond donors (Lipinski definition) is 3. The number of benzene rings is 1. The first-order valence-corrected chi connectivity index (χ1v) is 7.92. The van der Waals surface area contributed by atoms with Gasteiger partial charge in [0.15, 0.2) is 5.96 Å². The van der Waals surface area contributed by atoms with Crippen LogP contribution in [0.5, 0.6) is 0 Å². The molecule has 0 radical (unpaired) electrons. The Labute approximate surface area is 156 Å². The van der Waals surface area contributed by atoms with Crippen molar-refractivity contribution < 1.29 is 4.79 Å². The van der Waals surface area contributed by atoms with Crippen LogP contribution in [0, 0.1) is 0 Å². The van der Waals surface area contributed by atoms with Crippen LogP contribution in [0.15, 0.2) is 35.3 Å². The molecule has 3 N–H and O–H groups in total. The van der Waals surface area contributed by atoms with Gasteiger partial charge in [-0.3, -0.25) is 9.79 Å². The predicted molar refractivity (Wildman–Crippen MR) is 107 cm³/mol. The van der Waals surface area contributed by atoms with Gasteiger partial charge in [-0.05, 0) is 33.3 Å². The molecular weight excluding hydrogens is 403 g/mol. The van der Waals surface area contributed by atoms with E-state index >= 15 is 0 Å². The summed E-state index contributed by atoms with van der Waals surface area (Å²) in [6.07, 6.45) is 0.397. The van der Waals surface area contributed by atoms with Crippen LogP contribution in [0.3, 0.4) is 0 Å². The molecule has 1 rings (SSSR count). The zero-order valence-electron chi connectivity index (χ0n) is 14.4. The summed E-state index contributed by atoms with van der Waals surface area (Å²) < 4.78 is 0. The summed E-state index contributed by atoms with van der Waals surface area (Å²) in [5.74, 6) is 0.766. The normalized spacial score (nSPS) is 12.3. The molecule has 1 amide bonds. The van der Waals surface area contributed by atoms with Crippen LogP contribution in [-0.2, 0) is 4.79 Å². The van der Waals surface area contributed by atoms with Crippen molar-refractivity contribution in [3.8, 4) is 0 Å². The summed E-state index contributed by atoms with van der Waals surface area (Å²) in [5, 5.41) is 9.43. The average Bonchev–Trinajstić information content (AvgIpc) is 2.47. The Bertz CT molecular complexity index is 477. The van der Waals surface area contributed by atoms with Crippen molar-refractivity contribution in [3.05, 3.63) is 35.9 Å². The summed E-state index contributed by atoms with van der Waals surface area (Å²) in [4.78, 5) is 16.1. The van der Waals surface area contributed by atoms with Crippen LogP contribution < -0.4 is 16.0 Å². The van der Waals surface area contributed by atoms with E-state index in [-0.39, 0.29) is 42.0 Å². The molecule has 0 bridgehead atoms. The first-order chi connectivity index (χ1) is 10.5. The molecule has 1 aromatic carbocycles. The first kappa shape index (κ1) is 21.7. The number of nitrogens with one attached hydrogen (secondary N) is 3. The minimum absolute atomic E-state index is 0. The second kappa shape index (κ2) is 12.2. The third kappa shape index (κ3) is 9.43. The van der Waals surface area contributed by atoms with Gasteiger partial charge in [0.25, 0.3) is 0 Å². The second-order valence-corrected chi connectivity index (χ2v) is 5.51. The molecule has 0 heterocycles. The summed E-state index contributed by atoms with van der Waals surface area (Å²) in [5.41, 5.74) is 1.20. The number of rotatable bonds is 7. The molecule has 1 atom stereocenters. The summed E-state index contributed by atoms with van der Waals surface area (Å²) >= 11 is 0. The van der Waals surface area contributed by atoms with Crippen molar-refractivity contribution in [1.29, 1.82) is 0 Å². The maximum atomic E-state index is 11.6. The zero-order chi connectivity index (χ0) is 16.4. The molecule has 0 aliphatic carbocycles. The molecular formula is C17H29IN4O. The van der Waals surface area contributed by atoms with Crippen LogP contribution in [0.4, 0.5) is 0 Å². The quantitative estimate of drug-likeness (QED) is 0.353. The SMILES string of the molecule is CCNC(=NCCC(=O)NC(C)C)NC(C)c1ccccc1.I. The van der Waals surface area contributed by atoms with Crippen molar-refractivity contribution in [1.82, 2.24) is 16.0 Å². The average molecular weight is 432 g/mol. The number of carbonyl (C=O) groups is 1.